The number of nitrogens with zero attached hydrogens (tertiary/aromatic N) is 4. The van der Waals surface area contributed by atoms with Crippen LogP contribution in [0.2, 0.25) is 0 Å². The van der Waals surface area contributed by atoms with Gasteiger partial charge in [0.25, 0.3) is 0 Å². The van der Waals surface area contributed by atoms with Gasteiger partial charge in [-0.2, -0.15) is 0 Å². The lowest BCUT2D eigenvalue weighted by Crippen LogP contribution is -2.00. The first kappa shape index (κ1) is 24.5. The summed E-state index contributed by atoms with van der Waals surface area (Å²) < 4.78 is 8.87. The minimum absolute atomic E-state index is 0.622. The molecule has 0 fully saturated rings. The minimum Gasteiger partial charge on any atom is -0.455 e. The fraction of sp³-hybridized carbons (Fsp3) is 0. The fourth-order valence-electron chi connectivity index (χ4n) is 6.22. The van der Waals surface area contributed by atoms with E-state index in [0.717, 1.165) is 66.1 Å². The van der Waals surface area contributed by atoms with Gasteiger partial charge in [-0.1, -0.05) is 97.1 Å². The lowest BCUT2D eigenvalue weighted by Gasteiger charge is -2.09. The van der Waals surface area contributed by atoms with Crippen LogP contribution in [0.5, 0.6) is 0 Å². The number of para-hydroxylation sites is 2. The summed E-state index contributed by atoms with van der Waals surface area (Å²) in [5.41, 5.74) is 7.82. The second-order valence-corrected chi connectivity index (χ2v) is 10.9. The average molecular weight is 565 g/mol. The van der Waals surface area contributed by atoms with Crippen LogP contribution in [-0.2, 0) is 0 Å². The Kier molecular flexibility index (Phi) is 5.43. The third-order valence-corrected chi connectivity index (χ3v) is 8.24. The van der Waals surface area contributed by atoms with E-state index in [2.05, 4.69) is 71.3 Å². The standard InChI is InChI=1S/C39H24N4O/c1-4-12-25(13-5-1)37-40-38(26-14-6-2-7-15-26)42-39(41-37)27-20-22-32-31(24-27)35-33(43(32)28-16-8-3-9-17-28)23-21-30-29-18-10-11-19-34(29)44-36(30)35/h1-24H. The van der Waals surface area contributed by atoms with Crippen LogP contribution in [0.4, 0.5) is 0 Å². The quantitative estimate of drug-likeness (QED) is 0.213. The van der Waals surface area contributed by atoms with Crippen LogP contribution < -0.4 is 0 Å². The number of benzene rings is 6. The predicted octanol–water partition coefficient (Wildman–Crippen LogP) is 9.87. The molecule has 0 saturated carbocycles. The van der Waals surface area contributed by atoms with Crippen molar-refractivity contribution in [3.05, 3.63) is 146 Å². The third-order valence-electron chi connectivity index (χ3n) is 8.24. The Morgan fingerprint density at radius 2 is 1.00 bits per heavy atom. The van der Waals surface area contributed by atoms with Crippen molar-refractivity contribution in [1.29, 1.82) is 0 Å². The number of fused-ring (bicyclic) bond motifs is 7. The van der Waals surface area contributed by atoms with E-state index < -0.39 is 0 Å². The van der Waals surface area contributed by atoms with Crippen LogP contribution in [0.25, 0.3) is 83.6 Å². The summed E-state index contributed by atoms with van der Waals surface area (Å²) in [6.45, 7) is 0. The molecule has 0 unspecified atom stereocenters. The van der Waals surface area contributed by atoms with E-state index in [9.17, 15) is 0 Å². The molecule has 206 valence electrons. The highest BCUT2D eigenvalue weighted by atomic mass is 16.3. The highest BCUT2D eigenvalue weighted by Gasteiger charge is 2.20. The van der Waals surface area contributed by atoms with E-state index in [1.807, 2.05) is 78.9 Å². The summed E-state index contributed by atoms with van der Waals surface area (Å²) in [5.74, 6) is 1.90. The van der Waals surface area contributed by atoms with Crippen molar-refractivity contribution in [2.75, 3.05) is 0 Å². The molecule has 6 aromatic carbocycles. The van der Waals surface area contributed by atoms with E-state index in [1.54, 1.807) is 0 Å². The molecule has 0 N–H and O–H groups in total. The van der Waals surface area contributed by atoms with Crippen LogP contribution in [-0.4, -0.2) is 19.5 Å². The van der Waals surface area contributed by atoms with E-state index in [1.165, 1.54) is 0 Å². The topological polar surface area (TPSA) is 56.7 Å². The normalized spacial score (nSPS) is 11.6. The van der Waals surface area contributed by atoms with Crippen molar-refractivity contribution in [3.8, 4) is 39.9 Å². The van der Waals surface area contributed by atoms with Crippen molar-refractivity contribution in [1.82, 2.24) is 19.5 Å². The number of hydrogen-bond acceptors (Lipinski definition) is 4. The van der Waals surface area contributed by atoms with Crippen LogP contribution in [0.3, 0.4) is 0 Å². The van der Waals surface area contributed by atoms with Gasteiger partial charge in [-0.15, -0.1) is 0 Å². The lowest BCUT2D eigenvalue weighted by atomic mass is 10.1. The Morgan fingerprint density at radius 3 is 1.68 bits per heavy atom. The molecule has 0 atom stereocenters. The molecule has 3 aromatic heterocycles. The van der Waals surface area contributed by atoms with Crippen LogP contribution in [0.15, 0.2) is 150 Å². The van der Waals surface area contributed by atoms with Gasteiger partial charge in [0.2, 0.25) is 0 Å². The molecule has 5 heteroatoms. The summed E-state index contributed by atoms with van der Waals surface area (Å²) in [4.78, 5) is 14.9. The highest BCUT2D eigenvalue weighted by molar-refractivity contribution is 6.24. The molecule has 9 aromatic rings. The van der Waals surface area contributed by atoms with Crippen LogP contribution >= 0.6 is 0 Å². The Morgan fingerprint density at radius 1 is 0.432 bits per heavy atom. The maximum absolute atomic E-state index is 6.57. The second-order valence-electron chi connectivity index (χ2n) is 10.9. The molecule has 5 nitrogen and oxygen atoms in total. The number of aromatic nitrogens is 4. The predicted molar refractivity (Wildman–Crippen MR) is 178 cm³/mol. The summed E-state index contributed by atoms with van der Waals surface area (Å²) in [6.07, 6.45) is 0. The molecule has 0 saturated heterocycles. The van der Waals surface area contributed by atoms with Gasteiger partial charge in [0.15, 0.2) is 17.5 Å². The zero-order valence-corrected chi connectivity index (χ0v) is 23.6. The molecule has 44 heavy (non-hydrogen) atoms. The summed E-state index contributed by atoms with van der Waals surface area (Å²) >= 11 is 0. The van der Waals surface area contributed by atoms with Crippen molar-refractivity contribution in [2.24, 2.45) is 0 Å². The fourth-order valence-corrected chi connectivity index (χ4v) is 6.22. The number of rotatable bonds is 4. The van der Waals surface area contributed by atoms with Gasteiger partial charge >= 0.3 is 0 Å². The molecule has 0 amide bonds. The highest BCUT2D eigenvalue weighted by Crippen LogP contribution is 2.41. The van der Waals surface area contributed by atoms with Crippen molar-refractivity contribution >= 4 is 43.7 Å². The molecule has 0 aliphatic heterocycles. The summed E-state index contributed by atoms with van der Waals surface area (Å²) in [5, 5.41) is 4.36. The first-order valence-electron chi connectivity index (χ1n) is 14.6. The Bertz CT molecular complexity index is 2420. The van der Waals surface area contributed by atoms with Gasteiger partial charge in [-0.05, 0) is 48.5 Å². The molecule has 9 rings (SSSR count). The molecule has 0 bridgehead atoms. The lowest BCUT2D eigenvalue weighted by molar-refractivity contribution is 0.673. The molecule has 0 aliphatic carbocycles. The van der Waals surface area contributed by atoms with Crippen LogP contribution in [0.1, 0.15) is 0 Å². The Labute approximate surface area is 252 Å². The number of furan rings is 1. The van der Waals surface area contributed by atoms with Gasteiger partial charge < -0.3 is 8.98 Å². The van der Waals surface area contributed by atoms with Crippen molar-refractivity contribution in [3.63, 3.8) is 0 Å². The monoisotopic (exact) mass is 564 g/mol. The smallest absolute Gasteiger partial charge is 0.164 e. The molecule has 0 spiro atoms. The SMILES string of the molecule is c1ccc(-c2nc(-c3ccccc3)nc(-c3ccc4c(c3)c3c5oc6ccccc6c5ccc3n4-c3ccccc3)n2)cc1. The average Bonchev–Trinajstić information content (AvgIpc) is 3.64. The van der Waals surface area contributed by atoms with Gasteiger partial charge in [0.1, 0.15) is 11.2 Å². The molecular weight excluding hydrogens is 540 g/mol. The molecule has 3 heterocycles. The Hall–Kier alpha value is -6.07. The van der Waals surface area contributed by atoms with Gasteiger partial charge in [0.05, 0.1) is 16.4 Å². The van der Waals surface area contributed by atoms with Gasteiger partial charge in [-0.25, -0.2) is 15.0 Å². The van der Waals surface area contributed by atoms with Gasteiger partial charge in [0, 0.05) is 38.5 Å². The molecular formula is C39H24N4O. The van der Waals surface area contributed by atoms with Gasteiger partial charge in [-0.3, -0.25) is 0 Å². The largest absolute Gasteiger partial charge is 0.455 e. The van der Waals surface area contributed by atoms with E-state index in [4.69, 9.17) is 19.4 Å². The minimum atomic E-state index is 0.622. The first-order chi connectivity index (χ1) is 21.8. The maximum Gasteiger partial charge on any atom is 0.164 e. The zero-order chi connectivity index (χ0) is 29.0. The van der Waals surface area contributed by atoms with Crippen LogP contribution in [0, 0.1) is 0 Å². The number of hydrogen-bond donors (Lipinski definition) is 0. The maximum atomic E-state index is 6.57. The van der Waals surface area contributed by atoms with E-state index >= 15 is 0 Å². The van der Waals surface area contributed by atoms with Crippen molar-refractivity contribution < 1.29 is 4.42 Å². The summed E-state index contributed by atoms with van der Waals surface area (Å²) in [7, 11) is 0. The zero-order valence-electron chi connectivity index (χ0n) is 23.6. The first-order valence-corrected chi connectivity index (χ1v) is 14.6. The van der Waals surface area contributed by atoms with Crippen molar-refractivity contribution in [2.45, 2.75) is 0 Å². The summed E-state index contributed by atoms with van der Waals surface area (Å²) in [6, 6.07) is 49.7. The molecule has 0 radical (unpaired) electrons. The van der Waals surface area contributed by atoms with E-state index in [0.29, 0.717) is 17.5 Å². The third kappa shape index (κ3) is 3.83. The second kappa shape index (κ2) is 9.75. The molecule has 0 aliphatic rings. The Balaban J connectivity index is 1.35. The van der Waals surface area contributed by atoms with E-state index in [-0.39, 0.29) is 0 Å².